The number of nitrogens with one attached hydrogen (secondary N) is 1. The highest BCUT2D eigenvalue weighted by atomic mass is 31.2. The van der Waals surface area contributed by atoms with Crippen molar-refractivity contribution in [3.05, 3.63) is 30.1 Å². The van der Waals surface area contributed by atoms with E-state index < -0.39 is 7.59 Å². The molecule has 0 aliphatic carbocycles. The molecular formula is C6H11N4OP. The first-order chi connectivity index (χ1) is 5.58. The molecule has 5 N–H and O–H groups in total. The molecule has 0 radical (unpaired) electrons. The first-order valence-corrected chi connectivity index (χ1v) is 5.24. The van der Waals surface area contributed by atoms with Crippen LogP contribution in [0.5, 0.6) is 0 Å². The predicted octanol–water partition coefficient (Wildman–Crippen LogP) is 0.197. The largest absolute Gasteiger partial charge is 0.274 e. The average Bonchev–Trinajstić information content (AvgIpc) is 2.02. The Morgan fingerprint density at radius 2 is 2.00 bits per heavy atom. The van der Waals surface area contributed by atoms with Crippen molar-refractivity contribution in [3.8, 4) is 0 Å². The normalized spacial score (nSPS) is 11.5. The van der Waals surface area contributed by atoms with Crippen molar-refractivity contribution in [1.82, 2.24) is 10.1 Å². The van der Waals surface area contributed by atoms with E-state index in [9.17, 15) is 4.57 Å². The van der Waals surface area contributed by atoms with Crippen molar-refractivity contribution in [3.63, 3.8) is 0 Å². The van der Waals surface area contributed by atoms with Crippen LogP contribution in [0.3, 0.4) is 0 Å². The lowest BCUT2D eigenvalue weighted by atomic mass is 10.3. The highest BCUT2D eigenvalue weighted by Gasteiger charge is 2.05. The second-order valence-electron chi connectivity index (χ2n) is 2.40. The fourth-order valence-electron chi connectivity index (χ4n) is 0.715. The molecule has 0 aliphatic heterocycles. The fourth-order valence-corrected chi connectivity index (χ4v) is 1.15. The molecule has 0 aromatic carbocycles. The van der Waals surface area contributed by atoms with Gasteiger partial charge in [-0.1, -0.05) is 0 Å². The van der Waals surface area contributed by atoms with Gasteiger partial charge in [-0.3, -0.25) is 20.6 Å². The Hall–Kier alpha value is -0.740. The first-order valence-electron chi connectivity index (χ1n) is 3.39. The lowest BCUT2D eigenvalue weighted by Gasteiger charge is -2.07. The Kier molecular flexibility index (Phi) is 2.94. The Balaban J connectivity index is 2.50. The van der Waals surface area contributed by atoms with Crippen molar-refractivity contribution < 1.29 is 4.57 Å². The lowest BCUT2D eigenvalue weighted by molar-refractivity contribution is 0.566. The summed E-state index contributed by atoms with van der Waals surface area (Å²) < 4.78 is 10.8. The molecule has 0 unspecified atom stereocenters. The summed E-state index contributed by atoms with van der Waals surface area (Å²) in [5.74, 6) is 0. The van der Waals surface area contributed by atoms with Gasteiger partial charge in [-0.2, -0.15) is 0 Å². The maximum Gasteiger partial charge on any atom is 0.274 e. The van der Waals surface area contributed by atoms with Gasteiger partial charge in [-0.05, 0) is 17.7 Å². The van der Waals surface area contributed by atoms with Gasteiger partial charge in [-0.25, -0.2) is 5.09 Å². The molecule has 0 aliphatic rings. The van der Waals surface area contributed by atoms with Gasteiger partial charge >= 0.3 is 0 Å². The number of aromatic nitrogens is 1. The number of pyridine rings is 1. The fraction of sp³-hybridized carbons (Fsp3) is 0.167. The number of hydrogen-bond acceptors (Lipinski definition) is 2. The third-order valence-corrected chi connectivity index (χ3v) is 1.93. The second kappa shape index (κ2) is 3.78. The summed E-state index contributed by atoms with van der Waals surface area (Å²) in [6.07, 6.45) is 3.30. The van der Waals surface area contributed by atoms with E-state index in [2.05, 4.69) is 10.1 Å². The first kappa shape index (κ1) is 9.35. The zero-order chi connectivity index (χ0) is 9.03. The summed E-state index contributed by atoms with van der Waals surface area (Å²) in [6, 6.07) is 3.59. The van der Waals surface area contributed by atoms with E-state index in [4.69, 9.17) is 11.0 Å². The van der Waals surface area contributed by atoms with Gasteiger partial charge in [0.2, 0.25) is 0 Å². The third-order valence-electron chi connectivity index (χ3n) is 1.28. The molecule has 6 heteroatoms. The predicted molar refractivity (Wildman–Crippen MR) is 47.1 cm³/mol. The molecule has 5 nitrogen and oxygen atoms in total. The Bertz CT molecular complexity index is 283. The van der Waals surface area contributed by atoms with E-state index in [1.54, 1.807) is 24.5 Å². The molecule has 0 amide bonds. The van der Waals surface area contributed by atoms with Crippen molar-refractivity contribution in [1.29, 1.82) is 0 Å². The minimum absolute atomic E-state index is 0.396. The molecule has 0 saturated heterocycles. The molecule has 0 atom stereocenters. The molecule has 1 heterocycles. The molecule has 66 valence electrons. The van der Waals surface area contributed by atoms with Crippen LogP contribution in [-0.4, -0.2) is 4.98 Å². The smallest absolute Gasteiger partial charge is 0.271 e. The van der Waals surface area contributed by atoms with E-state index >= 15 is 0 Å². The highest BCUT2D eigenvalue weighted by Crippen LogP contribution is 2.18. The minimum Gasteiger partial charge on any atom is -0.271 e. The average molecular weight is 186 g/mol. The third kappa shape index (κ3) is 3.59. The lowest BCUT2D eigenvalue weighted by Crippen LogP contribution is -2.21. The van der Waals surface area contributed by atoms with E-state index in [-0.39, 0.29) is 0 Å². The Morgan fingerprint density at radius 3 is 2.50 bits per heavy atom. The van der Waals surface area contributed by atoms with E-state index in [0.717, 1.165) is 5.56 Å². The van der Waals surface area contributed by atoms with Gasteiger partial charge in [0.1, 0.15) is 0 Å². The molecule has 1 aromatic heterocycles. The van der Waals surface area contributed by atoms with Crippen molar-refractivity contribution in [2.75, 3.05) is 0 Å². The quantitative estimate of drug-likeness (QED) is 0.586. The van der Waals surface area contributed by atoms with E-state index in [0.29, 0.717) is 6.54 Å². The van der Waals surface area contributed by atoms with Crippen LogP contribution < -0.4 is 16.1 Å². The van der Waals surface area contributed by atoms with Crippen LogP contribution in [0.15, 0.2) is 24.5 Å². The number of rotatable bonds is 3. The Labute approximate surface area is 70.7 Å². The summed E-state index contributed by atoms with van der Waals surface area (Å²) in [4.78, 5) is 3.83. The van der Waals surface area contributed by atoms with Crippen molar-refractivity contribution in [2.45, 2.75) is 6.54 Å². The molecular weight excluding hydrogens is 175 g/mol. The topological polar surface area (TPSA) is 94.0 Å². The van der Waals surface area contributed by atoms with E-state index in [1.165, 1.54) is 0 Å². The number of nitrogens with zero attached hydrogens (tertiary/aromatic N) is 1. The van der Waals surface area contributed by atoms with Gasteiger partial charge in [0.25, 0.3) is 7.59 Å². The van der Waals surface area contributed by atoms with Crippen LogP contribution in [0.1, 0.15) is 5.56 Å². The highest BCUT2D eigenvalue weighted by molar-refractivity contribution is 7.56. The molecule has 0 spiro atoms. The molecule has 12 heavy (non-hydrogen) atoms. The van der Waals surface area contributed by atoms with Gasteiger partial charge < -0.3 is 0 Å². The second-order valence-corrected chi connectivity index (χ2v) is 4.13. The van der Waals surface area contributed by atoms with Crippen LogP contribution in [0.2, 0.25) is 0 Å². The Morgan fingerprint density at radius 1 is 1.42 bits per heavy atom. The van der Waals surface area contributed by atoms with Gasteiger partial charge in [0.15, 0.2) is 0 Å². The van der Waals surface area contributed by atoms with Gasteiger partial charge in [0.05, 0.1) is 0 Å². The number of nitrogens with two attached hydrogens (primary N) is 2. The van der Waals surface area contributed by atoms with Crippen molar-refractivity contribution >= 4 is 7.59 Å². The maximum absolute atomic E-state index is 10.8. The van der Waals surface area contributed by atoms with Crippen LogP contribution in [0.25, 0.3) is 0 Å². The summed E-state index contributed by atoms with van der Waals surface area (Å²) in [6.45, 7) is 0.396. The van der Waals surface area contributed by atoms with Gasteiger partial charge in [0, 0.05) is 18.9 Å². The molecule has 0 fully saturated rings. The molecule has 0 saturated carbocycles. The van der Waals surface area contributed by atoms with Crippen LogP contribution in [0, 0.1) is 0 Å². The summed E-state index contributed by atoms with van der Waals surface area (Å²) in [5.41, 5.74) is 11.1. The van der Waals surface area contributed by atoms with E-state index in [1.807, 2.05) is 0 Å². The zero-order valence-corrected chi connectivity index (χ0v) is 7.37. The minimum atomic E-state index is -3.10. The van der Waals surface area contributed by atoms with Crippen LogP contribution in [0.4, 0.5) is 0 Å². The summed E-state index contributed by atoms with van der Waals surface area (Å²) in [7, 11) is -3.10. The van der Waals surface area contributed by atoms with Crippen LogP contribution >= 0.6 is 7.59 Å². The standard InChI is InChI=1S/C6H11N4OP/c7-12(8,11)10-5-6-1-3-9-4-2-6/h1-4H,5H2,(H5,7,8,10,11). The monoisotopic (exact) mass is 186 g/mol. The molecule has 1 aromatic rings. The van der Waals surface area contributed by atoms with Crippen molar-refractivity contribution in [2.24, 2.45) is 11.0 Å². The maximum atomic E-state index is 10.8. The van der Waals surface area contributed by atoms with Gasteiger partial charge in [-0.15, -0.1) is 0 Å². The van der Waals surface area contributed by atoms with Crippen LogP contribution in [-0.2, 0) is 11.1 Å². The summed E-state index contributed by atoms with van der Waals surface area (Å²) >= 11 is 0. The molecule has 1 rings (SSSR count). The molecule has 0 bridgehead atoms. The number of hydrogen-bond donors (Lipinski definition) is 3. The SMILES string of the molecule is NP(N)(=O)NCc1ccncc1. The summed E-state index contributed by atoms with van der Waals surface area (Å²) in [5, 5.41) is 2.52. The zero-order valence-electron chi connectivity index (χ0n) is 6.47.